The minimum Gasteiger partial charge on any atom is -0.358 e. The van der Waals surface area contributed by atoms with Crippen molar-refractivity contribution in [3.63, 3.8) is 0 Å². The number of rotatable bonds is 1. The molecule has 0 fully saturated rings. The molecule has 0 spiro atoms. The fraction of sp³-hybridized carbons (Fsp3) is 0.125. The van der Waals surface area contributed by atoms with E-state index in [4.69, 9.17) is 5.73 Å². The number of aromatic nitrogens is 1. The number of nitro groups is 1. The maximum absolute atomic E-state index is 10.4. The van der Waals surface area contributed by atoms with Gasteiger partial charge in [0.15, 0.2) is 0 Å². The Morgan fingerprint density at radius 2 is 2.46 bits per heavy atom. The molecular formula is C8H7N3O2. The van der Waals surface area contributed by atoms with Crippen LogP contribution in [0.1, 0.15) is 5.56 Å². The smallest absolute Gasteiger partial charge is 0.358 e. The highest BCUT2D eigenvalue weighted by atomic mass is 16.6. The van der Waals surface area contributed by atoms with Crippen molar-refractivity contribution >= 4 is 5.82 Å². The van der Waals surface area contributed by atoms with Crippen LogP contribution < -0.4 is 5.73 Å². The predicted octanol–water partition coefficient (Wildman–Crippen LogP) is 0.300. The molecule has 0 radical (unpaired) electrons. The lowest BCUT2D eigenvalue weighted by Gasteiger charge is -1.92. The lowest BCUT2D eigenvalue weighted by atomic mass is 10.2. The summed E-state index contributed by atoms with van der Waals surface area (Å²) in [4.78, 5) is 13.4. The van der Waals surface area contributed by atoms with E-state index >= 15 is 0 Å². The summed E-state index contributed by atoms with van der Waals surface area (Å²) in [7, 11) is 0. The zero-order valence-electron chi connectivity index (χ0n) is 6.73. The van der Waals surface area contributed by atoms with Crippen LogP contribution in [0.4, 0.5) is 5.82 Å². The molecule has 0 bridgehead atoms. The molecule has 0 unspecified atom stereocenters. The second-order valence-electron chi connectivity index (χ2n) is 2.14. The molecule has 0 saturated heterocycles. The van der Waals surface area contributed by atoms with Gasteiger partial charge in [-0.3, -0.25) is 0 Å². The Hall–Kier alpha value is -1.93. The van der Waals surface area contributed by atoms with Gasteiger partial charge in [-0.05, 0) is 22.0 Å². The molecule has 0 amide bonds. The van der Waals surface area contributed by atoms with Crippen LogP contribution in [0.2, 0.25) is 0 Å². The number of nitrogens with zero attached hydrogens (tertiary/aromatic N) is 2. The summed E-state index contributed by atoms with van der Waals surface area (Å²) in [5.74, 6) is 4.88. The van der Waals surface area contributed by atoms with E-state index in [1.807, 2.05) is 0 Å². The first-order valence-electron chi connectivity index (χ1n) is 3.54. The molecule has 2 N–H and O–H groups in total. The molecule has 13 heavy (non-hydrogen) atoms. The third kappa shape index (κ3) is 2.25. The van der Waals surface area contributed by atoms with Crippen LogP contribution in [0.3, 0.4) is 0 Å². The third-order valence-electron chi connectivity index (χ3n) is 1.28. The molecule has 1 aromatic rings. The normalized spacial score (nSPS) is 8.69. The fourth-order valence-corrected chi connectivity index (χ4v) is 0.786. The SMILES string of the molecule is NCC#Cc1cccnc1[N+](=O)[O-]. The number of nitrogens with two attached hydrogens (primary N) is 1. The molecule has 1 rings (SSSR count). The van der Waals surface area contributed by atoms with Crippen LogP contribution >= 0.6 is 0 Å². The van der Waals surface area contributed by atoms with E-state index in [1.165, 1.54) is 12.3 Å². The quantitative estimate of drug-likeness (QED) is 0.380. The number of hydrogen-bond acceptors (Lipinski definition) is 4. The third-order valence-corrected chi connectivity index (χ3v) is 1.28. The lowest BCUT2D eigenvalue weighted by Crippen LogP contribution is -1.96. The van der Waals surface area contributed by atoms with E-state index in [-0.39, 0.29) is 17.9 Å². The summed E-state index contributed by atoms with van der Waals surface area (Å²) in [6.45, 7) is 0.173. The van der Waals surface area contributed by atoms with Crippen molar-refractivity contribution in [3.05, 3.63) is 34.0 Å². The van der Waals surface area contributed by atoms with Gasteiger partial charge < -0.3 is 15.8 Å². The average molecular weight is 177 g/mol. The summed E-state index contributed by atoms with van der Waals surface area (Å²) in [6, 6.07) is 3.13. The van der Waals surface area contributed by atoms with Crippen LogP contribution in [0.25, 0.3) is 0 Å². The van der Waals surface area contributed by atoms with E-state index in [0.717, 1.165) is 0 Å². The number of pyridine rings is 1. The molecule has 1 aromatic heterocycles. The van der Waals surface area contributed by atoms with E-state index in [1.54, 1.807) is 6.07 Å². The van der Waals surface area contributed by atoms with Crippen LogP contribution in [0.5, 0.6) is 0 Å². The minimum absolute atomic E-state index is 0.173. The van der Waals surface area contributed by atoms with Crippen LogP contribution in [-0.4, -0.2) is 16.5 Å². The summed E-state index contributed by atoms with van der Waals surface area (Å²) in [5.41, 5.74) is 5.43. The molecule has 0 aliphatic rings. The van der Waals surface area contributed by atoms with Gasteiger partial charge in [-0.15, -0.1) is 0 Å². The van der Waals surface area contributed by atoms with E-state index in [0.29, 0.717) is 0 Å². The first kappa shape index (κ1) is 9.16. The summed E-state index contributed by atoms with van der Waals surface area (Å²) >= 11 is 0. The van der Waals surface area contributed by atoms with Gasteiger partial charge in [-0.2, -0.15) is 0 Å². The van der Waals surface area contributed by atoms with Gasteiger partial charge in [0.2, 0.25) is 0 Å². The van der Waals surface area contributed by atoms with Gasteiger partial charge in [-0.25, -0.2) is 0 Å². The molecule has 5 nitrogen and oxygen atoms in total. The van der Waals surface area contributed by atoms with Crippen molar-refractivity contribution in [2.24, 2.45) is 5.73 Å². The second-order valence-corrected chi connectivity index (χ2v) is 2.14. The van der Waals surface area contributed by atoms with Gasteiger partial charge >= 0.3 is 5.82 Å². The van der Waals surface area contributed by atoms with Gasteiger partial charge in [0.25, 0.3) is 0 Å². The summed E-state index contributed by atoms with van der Waals surface area (Å²) in [6.07, 6.45) is 1.35. The molecule has 0 saturated carbocycles. The molecule has 0 aliphatic carbocycles. The predicted molar refractivity (Wildman–Crippen MR) is 46.8 cm³/mol. The van der Waals surface area contributed by atoms with Gasteiger partial charge in [0, 0.05) is 0 Å². The lowest BCUT2D eigenvalue weighted by molar-refractivity contribution is -0.389. The Labute approximate surface area is 74.7 Å². The standard InChI is InChI=1S/C8H7N3O2/c9-5-1-3-7-4-2-6-10-8(7)11(12)13/h2,4,6H,5,9H2. The van der Waals surface area contributed by atoms with Crippen LogP contribution in [0.15, 0.2) is 18.3 Å². The first-order chi connectivity index (χ1) is 6.25. The van der Waals surface area contributed by atoms with E-state index in [2.05, 4.69) is 16.8 Å². The van der Waals surface area contributed by atoms with Crippen LogP contribution in [-0.2, 0) is 0 Å². The maximum Gasteiger partial charge on any atom is 0.379 e. The minimum atomic E-state index is -0.569. The van der Waals surface area contributed by atoms with Crippen molar-refractivity contribution in [3.8, 4) is 11.8 Å². The Morgan fingerprint density at radius 1 is 1.69 bits per heavy atom. The Balaban J connectivity index is 3.12. The number of hydrogen-bond donors (Lipinski definition) is 1. The molecular weight excluding hydrogens is 170 g/mol. The Kier molecular flexibility index (Phi) is 2.95. The highest BCUT2D eigenvalue weighted by molar-refractivity contribution is 5.45. The topological polar surface area (TPSA) is 82.0 Å². The Bertz CT molecular complexity index is 378. The van der Waals surface area contributed by atoms with Crippen molar-refractivity contribution in [1.82, 2.24) is 4.98 Å². The monoisotopic (exact) mass is 177 g/mol. The second kappa shape index (κ2) is 4.18. The molecule has 66 valence electrons. The molecule has 0 aromatic carbocycles. The fourth-order valence-electron chi connectivity index (χ4n) is 0.786. The largest absolute Gasteiger partial charge is 0.379 e. The summed E-state index contributed by atoms with van der Waals surface area (Å²) < 4.78 is 0. The average Bonchev–Trinajstić information content (AvgIpc) is 2.15. The molecule has 0 atom stereocenters. The Morgan fingerprint density at radius 3 is 3.08 bits per heavy atom. The molecule has 0 aliphatic heterocycles. The van der Waals surface area contributed by atoms with Gasteiger partial charge in [0.1, 0.15) is 11.8 Å². The zero-order valence-corrected chi connectivity index (χ0v) is 6.73. The van der Waals surface area contributed by atoms with Gasteiger partial charge in [-0.1, -0.05) is 11.8 Å². The maximum atomic E-state index is 10.4. The highest BCUT2D eigenvalue weighted by Crippen LogP contribution is 2.11. The van der Waals surface area contributed by atoms with Crippen molar-refractivity contribution in [1.29, 1.82) is 0 Å². The van der Waals surface area contributed by atoms with Gasteiger partial charge in [0.05, 0.1) is 6.54 Å². The molecule has 1 heterocycles. The van der Waals surface area contributed by atoms with E-state index in [9.17, 15) is 10.1 Å². The van der Waals surface area contributed by atoms with Crippen molar-refractivity contribution < 1.29 is 4.92 Å². The van der Waals surface area contributed by atoms with Crippen molar-refractivity contribution in [2.45, 2.75) is 0 Å². The van der Waals surface area contributed by atoms with E-state index < -0.39 is 4.92 Å². The highest BCUT2D eigenvalue weighted by Gasteiger charge is 2.10. The zero-order chi connectivity index (χ0) is 9.68. The first-order valence-corrected chi connectivity index (χ1v) is 3.54. The molecule has 5 heteroatoms. The summed E-state index contributed by atoms with van der Waals surface area (Å²) in [5, 5.41) is 10.4. The van der Waals surface area contributed by atoms with Crippen molar-refractivity contribution in [2.75, 3.05) is 6.54 Å². The van der Waals surface area contributed by atoms with Crippen LogP contribution in [0, 0.1) is 22.0 Å².